The quantitative estimate of drug-likeness (QED) is 0.580. The SMILES string of the molecule is C=CCNC(=O)C(C)Sc1nnc(N2CCOCC2)n1-c1ccccc1C. The molecule has 1 N–H and O–H groups in total. The van der Waals surface area contributed by atoms with Crippen molar-refractivity contribution in [3.05, 3.63) is 42.5 Å². The molecule has 0 spiro atoms. The Kier molecular flexibility index (Phi) is 6.52. The lowest BCUT2D eigenvalue weighted by molar-refractivity contribution is -0.120. The van der Waals surface area contributed by atoms with E-state index in [4.69, 9.17) is 4.74 Å². The van der Waals surface area contributed by atoms with E-state index in [1.807, 2.05) is 23.6 Å². The fraction of sp³-hybridized carbons (Fsp3) is 0.421. The van der Waals surface area contributed by atoms with E-state index in [0.29, 0.717) is 24.9 Å². The van der Waals surface area contributed by atoms with Crippen LogP contribution in [0.4, 0.5) is 5.95 Å². The number of hydrogen-bond donors (Lipinski definition) is 1. The minimum absolute atomic E-state index is 0.0489. The van der Waals surface area contributed by atoms with Gasteiger partial charge in [-0.3, -0.25) is 9.36 Å². The van der Waals surface area contributed by atoms with Gasteiger partial charge in [-0.05, 0) is 25.5 Å². The zero-order chi connectivity index (χ0) is 19.2. The number of nitrogens with one attached hydrogen (secondary N) is 1. The van der Waals surface area contributed by atoms with Crippen molar-refractivity contribution in [3.8, 4) is 5.69 Å². The first-order chi connectivity index (χ1) is 13.1. The highest BCUT2D eigenvalue weighted by atomic mass is 32.2. The number of aromatic nitrogens is 3. The van der Waals surface area contributed by atoms with Gasteiger partial charge >= 0.3 is 0 Å². The summed E-state index contributed by atoms with van der Waals surface area (Å²) in [4.78, 5) is 14.4. The van der Waals surface area contributed by atoms with Crippen LogP contribution in [0.5, 0.6) is 0 Å². The molecule has 0 saturated carbocycles. The van der Waals surface area contributed by atoms with Gasteiger partial charge in [0.2, 0.25) is 11.9 Å². The number of amides is 1. The van der Waals surface area contributed by atoms with Crippen LogP contribution in [0, 0.1) is 6.92 Å². The summed E-state index contributed by atoms with van der Waals surface area (Å²) in [5.41, 5.74) is 2.14. The maximum atomic E-state index is 12.3. The number of nitrogens with zero attached hydrogens (tertiary/aromatic N) is 4. The zero-order valence-electron chi connectivity index (χ0n) is 15.7. The molecule has 1 unspecified atom stereocenters. The molecule has 0 radical (unpaired) electrons. The standard InChI is InChI=1S/C19H25N5O2S/c1-4-9-20-17(25)15(3)27-19-22-21-18(23-10-12-26-13-11-23)24(19)16-8-6-5-7-14(16)2/h4-8,15H,1,9-13H2,2-3H3,(H,20,25). The first kappa shape index (κ1) is 19.4. The number of anilines is 1. The number of rotatable bonds is 7. The molecule has 3 rings (SSSR count). The lowest BCUT2D eigenvalue weighted by Gasteiger charge is -2.28. The highest BCUT2D eigenvalue weighted by molar-refractivity contribution is 8.00. The molecule has 1 fully saturated rings. The summed E-state index contributed by atoms with van der Waals surface area (Å²) in [7, 11) is 0. The Bertz CT molecular complexity index is 801. The smallest absolute Gasteiger partial charge is 0.233 e. The van der Waals surface area contributed by atoms with E-state index in [-0.39, 0.29) is 11.2 Å². The summed E-state index contributed by atoms with van der Waals surface area (Å²) < 4.78 is 7.51. The Morgan fingerprint density at radius 3 is 2.81 bits per heavy atom. The molecule has 0 bridgehead atoms. The van der Waals surface area contributed by atoms with E-state index in [2.05, 4.69) is 46.0 Å². The van der Waals surface area contributed by atoms with Crippen LogP contribution in [-0.4, -0.2) is 58.8 Å². The van der Waals surface area contributed by atoms with Gasteiger partial charge in [0.15, 0.2) is 5.16 Å². The number of morpholine rings is 1. The molecule has 1 aromatic carbocycles. The van der Waals surface area contributed by atoms with Crippen LogP contribution < -0.4 is 10.2 Å². The van der Waals surface area contributed by atoms with E-state index in [0.717, 1.165) is 30.3 Å². The van der Waals surface area contributed by atoms with Crippen molar-refractivity contribution >= 4 is 23.6 Å². The summed E-state index contributed by atoms with van der Waals surface area (Å²) in [6.07, 6.45) is 1.67. The highest BCUT2D eigenvalue weighted by Crippen LogP contribution is 2.30. The van der Waals surface area contributed by atoms with Crippen LogP contribution in [0.2, 0.25) is 0 Å². The number of ether oxygens (including phenoxy) is 1. The van der Waals surface area contributed by atoms with Gasteiger partial charge in [-0.25, -0.2) is 0 Å². The summed E-state index contributed by atoms with van der Waals surface area (Å²) in [6, 6.07) is 8.12. The number of thioether (sulfide) groups is 1. The van der Waals surface area contributed by atoms with Gasteiger partial charge < -0.3 is 15.0 Å². The molecular weight excluding hydrogens is 362 g/mol. The van der Waals surface area contributed by atoms with Crippen LogP contribution in [0.15, 0.2) is 42.1 Å². The maximum Gasteiger partial charge on any atom is 0.233 e. The summed E-state index contributed by atoms with van der Waals surface area (Å²) in [5.74, 6) is 0.737. The van der Waals surface area contributed by atoms with Gasteiger partial charge in [0.1, 0.15) is 0 Å². The van der Waals surface area contributed by atoms with Crippen LogP contribution in [0.1, 0.15) is 12.5 Å². The van der Waals surface area contributed by atoms with E-state index < -0.39 is 0 Å². The number of carbonyl (C=O) groups excluding carboxylic acids is 1. The molecule has 27 heavy (non-hydrogen) atoms. The van der Waals surface area contributed by atoms with Crippen molar-refractivity contribution in [2.75, 3.05) is 37.7 Å². The van der Waals surface area contributed by atoms with Gasteiger partial charge in [-0.2, -0.15) is 0 Å². The first-order valence-electron chi connectivity index (χ1n) is 9.01. The fourth-order valence-electron chi connectivity index (χ4n) is 2.86. The van der Waals surface area contributed by atoms with Gasteiger partial charge in [0, 0.05) is 19.6 Å². The number of aryl methyl sites for hydroxylation is 1. The average molecular weight is 388 g/mol. The van der Waals surface area contributed by atoms with Crippen LogP contribution >= 0.6 is 11.8 Å². The van der Waals surface area contributed by atoms with Gasteiger partial charge in [0.05, 0.1) is 24.2 Å². The summed E-state index contributed by atoms with van der Waals surface area (Å²) >= 11 is 1.40. The minimum Gasteiger partial charge on any atom is -0.378 e. The van der Waals surface area contributed by atoms with Crippen molar-refractivity contribution in [2.45, 2.75) is 24.3 Å². The lowest BCUT2D eigenvalue weighted by Crippen LogP contribution is -2.38. The molecule has 1 aromatic heterocycles. The first-order valence-corrected chi connectivity index (χ1v) is 9.89. The van der Waals surface area contributed by atoms with E-state index >= 15 is 0 Å². The molecule has 0 aliphatic carbocycles. The van der Waals surface area contributed by atoms with Gasteiger partial charge in [0.25, 0.3) is 0 Å². The molecule has 144 valence electrons. The van der Waals surface area contributed by atoms with Crippen LogP contribution in [0.3, 0.4) is 0 Å². The Labute approximate surface area is 163 Å². The third kappa shape index (κ3) is 4.51. The monoisotopic (exact) mass is 387 g/mol. The summed E-state index contributed by atoms with van der Waals surface area (Å²) in [6.45, 7) is 10.9. The second kappa shape index (κ2) is 9.05. The zero-order valence-corrected chi connectivity index (χ0v) is 16.5. The molecule has 2 aromatic rings. The lowest BCUT2D eigenvalue weighted by atomic mass is 10.2. The van der Waals surface area contributed by atoms with Crippen molar-refractivity contribution in [1.29, 1.82) is 0 Å². The predicted molar refractivity (Wildman–Crippen MR) is 108 cm³/mol. The van der Waals surface area contributed by atoms with E-state index in [1.54, 1.807) is 6.08 Å². The molecule has 8 heteroatoms. The molecular formula is C19H25N5O2S. The maximum absolute atomic E-state index is 12.3. The Balaban J connectivity index is 1.94. The van der Waals surface area contributed by atoms with Crippen molar-refractivity contribution in [3.63, 3.8) is 0 Å². The second-order valence-corrected chi connectivity index (χ2v) is 7.61. The minimum atomic E-state index is -0.297. The number of carbonyl (C=O) groups is 1. The molecule has 1 amide bonds. The predicted octanol–water partition coefficient (Wildman–Crippen LogP) is 2.20. The number of para-hydroxylation sites is 1. The fourth-order valence-corrected chi connectivity index (χ4v) is 3.74. The Morgan fingerprint density at radius 1 is 1.37 bits per heavy atom. The molecule has 1 aliphatic rings. The summed E-state index contributed by atoms with van der Waals surface area (Å²) in [5, 5.41) is 12.1. The molecule has 2 heterocycles. The van der Waals surface area contributed by atoms with Crippen molar-refractivity contribution in [1.82, 2.24) is 20.1 Å². The Morgan fingerprint density at radius 2 is 2.11 bits per heavy atom. The highest BCUT2D eigenvalue weighted by Gasteiger charge is 2.25. The van der Waals surface area contributed by atoms with Crippen LogP contribution in [-0.2, 0) is 9.53 Å². The third-order valence-electron chi connectivity index (χ3n) is 4.34. The number of hydrogen-bond acceptors (Lipinski definition) is 6. The molecule has 1 saturated heterocycles. The third-order valence-corrected chi connectivity index (χ3v) is 5.38. The largest absolute Gasteiger partial charge is 0.378 e. The van der Waals surface area contributed by atoms with Crippen molar-refractivity contribution < 1.29 is 9.53 Å². The molecule has 7 nitrogen and oxygen atoms in total. The van der Waals surface area contributed by atoms with Gasteiger partial charge in [-0.15, -0.1) is 16.8 Å². The number of benzene rings is 1. The van der Waals surface area contributed by atoms with E-state index in [1.165, 1.54) is 11.8 Å². The van der Waals surface area contributed by atoms with Crippen molar-refractivity contribution in [2.24, 2.45) is 0 Å². The van der Waals surface area contributed by atoms with E-state index in [9.17, 15) is 4.79 Å². The normalized spacial score (nSPS) is 15.4. The second-order valence-electron chi connectivity index (χ2n) is 6.30. The Hall–Kier alpha value is -2.32. The average Bonchev–Trinajstić information content (AvgIpc) is 3.10. The van der Waals surface area contributed by atoms with Crippen LogP contribution in [0.25, 0.3) is 5.69 Å². The topological polar surface area (TPSA) is 72.3 Å². The molecule has 1 aliphatic heterocycles. The molecule has 1 atom stereocenters. The van der Waals surface area contributed by atoms with Gasteiger partial charge in [-0.1, -0.05) is 36.0 Å².